The summed E-state index contributed by atoms with van der Waals surface area (Å²) in [6.45, 7) is 23.6. The summed E-state index contributed by atoms with van der Waals surface area (Å²) in [5.41, 5.74) is 3.63. The van der Waals surface area contributed by atoms with Crippen molar-refractivity contribution in [3.05, 3.63) is 96.1 Å². The minimum absolute atomic E-state index is 0.0146. The molecule has 0 aliphatic heterocycles. The van der Waals surface area contributed by atoms with E-state index in [1.165, 1.54) is 24.3 Å². The van der Waals surface area contributed by atoms with Gasteiger partial charge in [0.15, 0.2) is 18.1 Å². The molecule has 4 aromatic rings. The lowest BCUT2D eigenvalue weighted by Gasteiger charge is -2.31. The molecule has 2 unspecified atom stereocenters. The Labute approximate surface area is 259 Å². The van der Waals surface area contributed by atoms with Gasteiger partial charge in [0.25, 0.3) is 0 Å². The van der Waals surface area contributed by atoms with Gasteiger partial charge in [0, 0.05) is 23.8 Å². The van der Waals surface area contributed by atoms with Crippen LogP contribution < -0.4 is 0 Å². The first kappa shape index (κ1) is 34.6. The highest BCUT2D eigenvalue weighted by atomic mass is 28.3. The van der Waals surface area contributed by atoms with Crippen molar-refractivity contribution in [2.75, 3.05) is 0 Å². The summed E-state index contributed by atoms with van der Waals surface area (Å²) in [6.07, 6.45) is 5.69. The molecule has 6 nitrogen and oxygen atoms in total. The molecule has 0 radical (unpaired) electrons. The van der Waals surface area contributed by atoms with Gasteiger partial charge in [0.05, 0.1) is 29.9 Å². The molecular weight excluding hydrogens is 579 g/mol. The lowest BCUT2D eigenvalue weighted by molar-refractivity contribution is 0.0830. The minimum Gasteiger partial charge on any atom is -0.412 e. The highest BCUT2D eigenvalue weighted by Gasteiger charge is 2.31. The Balaban J connectivity index is 0.000000236. The van der Waals surface area contributed by atoms with Crippen LogP contribution in [0.15, 0.2) is 67.3 Å². The van der Waals surface area contributed by atoms with Crippen molar-refractivity contribution in [3.63, 3.8) is 0 Å². The summed E-state index contributed by atoms with van der Waals surface area (Å²) in [6, 6.07) is 12.8. The second kappa shape index (κ2) is 14.2. The van der Waals surface area contributed by atoms with Crippen LogP contribution in [0.2, 0.25) is 26.2 Å². The molecule has 2 heterocycles. The fraction of sp³-hybridized carbons (Fsp3) is 0.455. The Kier molecular flexibility index (Phi) is 11.4. The highest BCUT2D eigenvalue weighted by molar-refractivity contribution is 6.48. The lowest BCUT2D eigenvalue weighted by atomic mass is 9.87. The van der Waals surface area contributed by atoms with E-state index in [9.17, 15) is 8.78 Å². The number of hydrogen-bond donors (Lipinski definition) is 0. The van der Waals surface area contributed by atoms with E-state index >= 15 is 0 Å². The standard InChI is InChI=1S/C17H25FN2OSi.C16H23FN2OSi/c1-12-19-15(16(17(2,3)4)21-22(5)6)11-20(12)14-9-7-13(18)8-10-14;1-16(2,3)15(20-21(4)5)14-10-19(11-18-14)13-8-6-12(17)7-9-13/h7-11,16,22H,1-6H3;6-11,15,21H,1-5H3. The van der Waals surface area contributed by atoms with Crippen molar-refractivity contribution >= 4 is 18.1 Å². The molecule has 0 aliphatic rings. The molecule has 0 bridgehead atoms. The SMILES string of the molecule is C[SiH](C)OC(c1cn(-c2ccc(F)cc2)cn1)C(C)(C)C.Cc1nc(C(O[SiH](C)C)C(C)(C)C)cn1-c1ccc(F)cc1. The molecular formula is C33H48F2N4O2Si2. The number of imidazole rings is 2. The summed E-state index contributed by atoms with van der Waals surface area (Å²) in [7, 11) is -2.35. The zero-order chi connectivity index (χ0) is 32.1. The molecule has 0 aliphatic carbocycles. The van der Waals surface area contributed by atoms with Gasteiger partial charge < -0.3 is 18.0 Å². The molecule has 234 valence electrons. The van der Waals surface area contributed by atoms with Crippen LogP contribution in [0.5, 0.6) is 0 Å². The van der Waals surface area contributed by atoms with Gasteiger partial charge in [-0.15, -0.1) is 0 Å². The maximum Gasteiger partial charge on any atom is 0.171 e. The van der Waals surface area contributed by atoms with Gasteiger partial charge >= 0.3 is 0 Å². The van der Waals surface area contributed by atoms with E-state index in [4.69, 9.17) is 13.8 Å². The Morgan fingerprint density at radius 1 is 0.674 bits per heavy atom. The molecule has 0 spiro atoms. The van der Waals surface area contributed by atoms with Crippen LogP contribution in [0.25, 0.3) is 11.4 Å². The summed E-state index contributed by atoms with van der Waals surface area (Å²) >= 11 is 0. The van der Waals surface area contributed by atoms with Crippen LogP contribution in [0.3, 0.4) is 0 Å². The maximum atomic E-state index is 13.1. The quantitative estimate of drug-likeness (QED) is 0.184. The van der Waals surface area contributed by atoms with Gasteiger partial charge in [0.2, 0.25) is 0 Å². The van der Waals surface area contributed by atoms with Crippen LogP contribution in [-0.2, 0) is 8.85 Å². The van der Waals surface area contributed by atoms with E-state index in [2.05, 4.69) is 72.7 Å². The average Bonchev–Trinajstić information content (AvgIpc) is 3.53. The van der Waals surface area contributed by atoms with E-state index in [0.717, 1.165) is 28.6 Å². The molecule has 0 fully saturated rings. The number of aromatic nitrogens is 4. The zero-order valence-electron chi connectivity index (χ0n) is 27.5. The zero-order valence-corrected chi connectivity index (χ0v) is 29.8. The fourth-order valence-electron chi connectivity index (χ4n) is 4.69. The van der Waals surface area contributed by atoms with Crippen molar-refractivity contribution in [1.29, 1.82) is 0 Å². The monoisotopic (exact) mass is 626 g/mol. The Morgan fingerprint density at radius 2 is 1.12 bits per heavy atom. The Bertz CT molecular complexity index is 1440. The molecule has 0 amide bonds. The predicted octanol–water partition coefficient (Wildman–Crippen LogP) is 8.51. The van der Waals surface area contributed by atoms with Crippen molar-refractivity contribution in [2.24, 2.45) is 10.8 Å². The molecule has 0 saturated carbocycles. The first-order chi connectivity index (χ1) is 20.0. The molecule has 2 aromatic heterocycles. The number of hydrogen-bond acceptors (Lipinski definition) is 4. The maximum absolute atomic E-state index is 13.1. The van der Waals surface area contributed by atoms with Gasteiger partial charge in [-0.05, 0) is 92.5 Å². The lowest BCUT2D eigenvalue weighted by Crippen LogP contribution is -2.26. The number of aryl methyl sites for hydroxylation is 1. The molecule has 10 heteroatoms. The van der Waals surface area contributed by atoms with Crippen LogP contribution in [0.1, 0.15) is 71.0 Å². The van der Waals surface area contributed by atoms with E-state index in [0.29, 0.717) is 0 Å². The number of rotatable bonds is 8. The fourth-order valence-corrected chi connectivity index (χ4v) is 6.88. The summed E-state index contributed by atoms with van der Waals surface area (Å²) < 4.78 is 42.4. The summed E-state index contributed by atoms with van der Waals surface area (Å²) in [4.78, 5) is 9.20. The first-order valence-corrected chi connectivity index (χ1v) is 20.4. The van der Waals surface area contributed by atoms with E-state index in [-0.39, 0.29) is 34.7 Å². The summed E-state index contributed by atoms with van der Waals surface area (Å²) in [5.74, 6) is 0.411. The number of nitrogens with zero attached hydrogens (tertiary/aromatic N) is 4. The molecule has 43 heavy (non-hydrogen) atoms. The van der Waals surface area contributed by atoms with Crippen LogP contribution >= 0.6 is 0 Å². The average molecular weight is 627 g/mol. The van der Waals surface area contributed by atoms with Crippen molar-refractivity contribution in [2.45, 2.75) is 86.9 Å². The van der Waals surface area contributed by atoms with Gasteiger partial charge in [-0.1, -0.05) is 41.5 Å². The minimum atomic E-state index is -1.18. The second-order valence-corrected chi connectivity index (χ2v) is 18.3. The van der Waals surface area contributed by atoms with E-state index in [1.807, 2.05) is 28.5 Å². The molecule has 0 saturated heterocycles. The number of benzene rings is 2. The second-order valence-electron chi connectivity index (χ2n) is 13.6. The van der Waals surface area contributed by atoms with Crippen LogP contribution in [0, 0.1) is 29.4 Å². The van der Waals surface area contributed by atoms with Gasteiger partial charge in [-0.2, -0.15) is 0 Å². The van der Waals surface area contributed by atoms with E-state index in [1.54, 1.807) is 30.6 Å². The Hall–Kier alpha value is -2.93. The van der Waals surface area contributed by atoms with E-state index < -0.39 is 18.1 Å². The van der Waals surface area contributed by atoms with Gasteiger partial charge in [-0.3, -0.25) is 0 Å². The van der Waals surface area contributed by atoms with Crippen LogP contribution in [-0.4, -0.2) is 37.2 Å². The third-order valence-electron chi connectivity index (χ3n) is 6.66. The molecule has 2 atom stereocenters. The molecule has 2 aromatic carbocycles. The summed E-state index contributed by atoms with van der Waals surface area (Å²) in [5, 5.41) is 0. The third kappa shape index (κ3) is 9.79. The van der Waals surface area contributed by atoms with Crippen molar-refractivity contribution < 1.29 is 17.6 Å². The predicted molar refractivity (Wildman–Crippen MR) is 176 cm³/mol. The van der Waals surface area contributed by atoms with Crippen LogP contribution in [0.4, 0.5) is 8.78 Å². The largest absolute Gasteiger partial charge is 0.412 e. The van der Waals surface area contributed by atoms with Crippen molar-refractivity contribution in [3.8, 4) is 11.4 Å². The topological polar surface area (TPSA) is 54.1 Å². The van der Waals surface area contributed by atoms with Gasteiger partial charge in [-0.25, -0.2) is 18.7 Å². The third-order valence-corrected chi connectivity index (χ3v) is 8.29. The van der Waals surface area contributed by atoms with Gasteiger partial charge in [0.1, 0.15) is 17.5 Å². The molecule has 0 N–H and O–H groups in total. The molecule has 4 rings (SSSR count). The smallest absolute Gasteiger partial charge is 0.171 e. The number of halogens is 2. The first-order valence-electron chi connectivity index (χ1n) is 14.9. The van der Waals surface area contributed by atoms with Crippen molar-refractivity contribution in [1.82, 2.24) is 19.1 Å². The normalized spacial score (nSPS) is 13.7. The highest BCUT2D eigenvalue weighted by Crippen LogP contribution is 2.37. The Morgan fingerprint density at radius 3 is 1.56 bits per heavy atom.